The van der Waals surface area contributed by atoms with Crippen molar-refractivity contribution in [1.29, 1.82) is 0 Å². The quantitative estimate of drug-likeness (QED) is 0.904. The second-order valence-corrected chi connectivity index (χ2v) is 6.56. The smallest absolute Gasteiger partial charge is 0.230 e. The average Bonchev–Trinajstić information content (AvgIpc) is 2.53. The second-order valence-electron chi connectivity index (χ2n) is 6.56. The lowest BCUT2D eigenvalue weighted by Crippen LogP contribution is -2.46. The molecule has 0 spiro atoms. The number of amides is 2. The number of rotatable bonds is 2. The molecule has 6 heteroatoms. The van der Waals surface area contributed by atoms with Crippen LogP contribution in [-0.4, -0.2) is 54.8 Å². The highest BCUT2D eigenvalue weighted by molar-refractivity contribution is 6.01. The van der Waals surface area contributed by atoms with E-state index in [1.54, 1.807) is 6.07 Å². The van der Waals surface area contributed by atoms with Crippen LogP contribution < -0.4 is 5.32 Å². The van der Waals surface area contributed by atoms with Crippen molar-refractivity contribution in [3.8, 4) is 0 Å². The number of likely N-dealkylation sites (tertiary alicyclic amines) is 1. The topological polar surface area (TPSA) is 52.7 Å². The minimum Gasteiger partial charge on any atom is -0.342 e. The molecule has 1 saturated heterocycles. The molecule has 23 heavy (non-hydrogen) atoms. The summed E-state index contributed by atoms with van der Waals surface area (Å²) >= 11 is 0. The SMILES string of the molecule is CN(C)C1CCN(C(=O)C2CC(=O)Nc3cc(F)ccc32)CC1. The summed E-state index contributed by atoms with van der Waals surface area (Å²) in [6.07, 6.45) is 2.01. The Bertz CT molecular complexity index is 624. The number of piperidine rings is 1. The van der Waals surface area contributed by atoms with Crippen LogP contribution in [0.2, 0.25) is 0 Å². The Balaban J connectivity index is 1.77. The van der Waals surface area contributed by atoms with Crippen LogP contribution in [-0.2, 0) is 9.59 Å². The van der Waals surface area contributed by atoms with Crippen molar-refractivity contribution >= 4 is 17.5 Å². The highest BCUT2D eigenvalue weighted by Crippen LogP contribution is 2.34. The molecule has 1 N–H and O–H groups in total. The number of fused-ring (bicyclic) bond motifs is 1. The first-order valence-electron chi connectivity index (χ1n) is 8.00. The summed E-state index contributed by atoms with van der Waals surface area (Å²) in [5, 5.41) is 2.65. The van der Waals surface area contributed by atoms with Gasteiger partial charge in [0, 0.05) is 31.2 Å². The fourth-order valence-corrected chi connectivity index (χ4v) is 3.48. The maximum absolute atomic E-state index is 13.4. The normalized spacial score (nSPS) is 22.0. The first-order valence-corrected chi connectivity index (χ1v) is 8.00. The highest BCUT2D eigenvalue weighted by atomic mass is 19.1. The molecular weight excluding hydrogens is 297 g/mol. The van der Waals surface area contributed by atoms with Crippen molar-refractivity contribution < 1.29 is 14.0 Å². The molecule has 0 radical (unpaired) electrons. The molecular formula is C17H22FN3O2. The van der Waals surface area contributed by atoms with Gasteiger partial charge in [0.1, 0.15) is 5.82 Å². The van der Waals surface area contributed by atoms with Crippen molar-refractivity contribution in [2.75, 3.05) is 32.5 Å². The van der Waals surface area contributed by atoms with E-state index in [9.17, 15) is 14.0 Å². The van der Waals surface area contributed by atoms with Crippen molar-refractivity contribution in [2.45, 2.75) is 31.2 Å². The van der Waals surface area contributed by atoms with Crippen molar-refractivity contribution in [3.05, 3.63) is 29.6 Å². The summed E-state index contributed by atoms with van der Waals surface area (Å²) in [6, 6.07) is 4.73. The summed E-state index contributed by atoms with van der Waals surface area (Å²) in [4.78, 5) is 28.8. The number of nitrogens with one attached hydrogen (secondary N) is 1. The van der Waals surface area contributed by atoms with Gasteiger partial charge < -0.3 is 15.1 Å². The van der Waals surface area contributed by atoms with Crippen LogP contribution in [0.5, 0.6) is 0 Å². The monoisotopic (exact) mass is 319 g/mol. The van der Waals surface area contributed by atoms with Crippen LogP contribution in [0.4, 0.5) is 10.1 Å². The Morgan fingerprint density at radius 1 is 1.30 bits per heavy atom. The molecule has 0 aromatic heterocycles. The van der Waals surface area contributed by atoms with Gasteiger partial charge in [-0.1, -0.05) is 6.07 Å². The van der Waals surface area contributed by atoms with Crippen molar-refractivity contribution in [1.82, 2.24) is 9.80 Å². The number of carbonyl (C=O) groups is 2. The fraction of sp³-hybridized carbons (Fsp3) is 0.529. The molecule has 2 amide bonds. The van der Waals surface area contributed by atoms with Crippen LogP contribution in [0.25, 0.3) is 0 Å². The Morgan fingerprint density at radius 2 is 2.00 bits per heavy atom. The van der Waals surface area contributed by atoms with E-state index in [1.807, 2.05) is 4.90 Å². The van der Waals surface area contributed by atoms with Gasteiger partial charge in [-0.3, -0.25) is 9.59 Å². The van der Waals surface area contributed by atoms with Gasteiger partial charge in [-0.25, -0.2) is 4.39 Å². The van der Waals surface area contributed by atoms with Crippen LogP contribution in [0.15, 0.2) is 18.2 Å². The van der Waals surface area contributed by atoms with Gasteiger partial charge in [-0.15, -0.1) is 0 Å². The third-order valence-corrected chi connectivity index (χ3v) is 4.86. The molecule has 2 heterocycles. The third kappa shape index (κ3) is 3.22. The van der Waals surface area contributed by atoms with Gasteiger partial charge in [0.15, 0.2) is 0 Å². The molecule has 0 bridgehead atoms. The predicted octanol–water partition coefficient (Wildman–Crippen LogP) is 1.80. The van der Waals surface area contributed by atoms with E-state index in [4.69, 9.17) is 0 Å². The molecule has 1 unspecified atom stereocenters. The van der Waals surface area contributed by atoms with E-state index in [-0.39, 0.29) is 18.2 Å². The minimum atomic E-state index is -0.504. The molecule has 1 aromatic carbocycles. The minimum absolute atomic E-state index is 0.0232. The zero-order chi connectivity index (χ0) is 16.6. The van der Waals surface area contributed by atoms with E-state index in [0.717, 1.165) is 12.8 Å². The largest absolute Gasteiger partial charge is 0.342 e. The standard InChI is InChI=1S/C17H22FN3O2/c1-20(2)12-5-7-21(8-6-12)17(23)14-10-16(22)19-15-9-11(18)3-4-13(14)15/h3-4,9,12,14H,5-8,10H2,1-2H3,(H,19,22). The Kier molecular flexibility index (Phi) is 4.35. The molecule has 2 aliphatic rings. The third-order valence-electron chi connectivity index (χ3n) is 4.86. The lowest BCUT2D eigenvalue weighted by molar-refractivity contribution is -0.136. The number of nitrogens with zero attached hydrogens (tertiary/aromatic N) is 2. The van der Waals surface area contributed by atoms with Gasteiger partial charge >= 0.3 is 0 Å². The summed E-state index contributed by atoms with van der Waals surface area (Å²) < 4.78 is 13.4. The molecule has 0 saturated carbocycles. The van der Waals surface area contributed by atoms with Crippen LogP contribution in [0, 0.1) is 5.82 Å². The van der Waals surface area contributed by atoms with E-state index in [1.165, 1.54) is 12.1 Å². The maximum Gasteiger partial charge on any atom is 0.230 e. The van der Waals surface area contributed by atoms with Crippen LogP contribution in [0.1, 0.15) is 30.7 Å². The summed E-state index contributed by atoms with van der Waals surface area (Å²) in [6.45, 7) is 1.41. The molecule has 1 fully saturated rings. The number of hydrogen-bond acceptors (Lipinski definition) is 3. The summed E-state index contributed by atoms with van der Waals surface area (Å²) in [7, 11) is 4.11. The summed E-state index contributed by atoms with van der Waals surface area (Å²) in [5.74, 6) is -1.17. The van der Waals surface area contributed by atoms with Crippen molar-refractivity contribution in [3.63, 3.8) is 0 Å². The fourth-order valence-electron chi connectivity index (χ4n) is 3.48. The van der Waals surface area contributed by atoms with Crippen LogP contribution in [0.3, 0.4) is 0 Å². The lowest BCUT2D eigenvalue weighted by Gasteiger charge is -2.37. The van der Waals surface area contributed by atoms with Crippen LogP contribution >= 0.6 is 0 Å². The molecule has 0 aliphatic carbocycles. The Morgan fingerprint density at radius 3 is 2.65 bits per heavy atom. The first-order chi connectivity index (χ1) is 11.0. The van der Waals surface area contributed by atoms with Gasteiger partial charge in [0.2, 0.25) is 11.8 Å². The molecule has 124 valence electrons. The highest BCUT2D eigenvalue weighted by Gasteiger charge is 2.35. The zero-order valence-electron chi connectivity index (χ0n) is 13.5. The Hall–Kier alpha value is -1.95. The van der Waals surface area contributed by atoms with Crippen molar-refractivity contribution in [2.24, 2.45) is 0 Å². The first kappa shape index (κ1) is 15.9. The second kappa shape index (κ2) is 6.28. The average molecular weight is 319 g/mol. The van der Waals surface area contributed by atoms with E-state index in [0.29, 0.717) is 30.4 Å². The van der Waals surface area contributed by atoms with Gasteiger partial charge in [0.05, 0.1) is 5.92 Å². The van der Waals surface area contributed by atoms with Gasteiger partial charge in [-0.05, 0) is 44.6 Å². The predicted molar refractivity (Wildman–Crippen MR) is 85.7 cm³/mol. The van der Waals surface area contributed by atoms with E-state index < -0.39 is 11.7 Å². The number of benzene rings is 1. The number of halogens is 1. The molecule has 1 aromatic rings. The van der Waals surface area contributed by atoms with Gasteiger partial charge in [0.25, 0.3) is 0 Å². The van der Waals surface area contributed by atoms with E-state index >= 15 is 0 Å². The number of carbonyl (C=O) groups excluding carboxylic acids is 2. The number of hydrogen-bond donors (Lipinski definition) is 1. The maximum atomic E-state index is 13.4. The molecule has 5 nitrogen and oxygen atoms in total. The molecule has 1 atom stereocenters. The Labute approximate surface area is 135 Å². The molecule has 2 aliphatic heterocycles. The van der Waals surface area contributed by atoms with E-state index in [2.05, 4.69) is 24.3 Å². The number of anilines is 1. The zero-order valence-corrected chi connectivity index (χ0v) is 13.5. The summed E-state index contributed by atoms with van der Waals surface area (Å²) in [5.41, 5.74) is 1.13. The lowest BCUT2D eigenvalue weighted by atomic mass is 9.88. The molecule has 3 rings (SSSR count). The van der Waals surface area contributed by atoms with Gasteiger partial charge in [-0.2, -0.15) is 0 Å².